The molecule has 1 atom stereocenters. The molecule has 94 valence electrons. The van der Waals surface area contributed by atoms with Crippen molar-refractivity contribution < 1.29 is 8.78 Å². The summed E-state index contributed by atoms with van der Waals surface area (Å²) in [6, 6.07) is 7.19. The first-order valence-corrected chi connectivity index (χ1v) is 6.15. The Balaban J connectivity index is 2.45. The summed E-state index contributed by atoms with van der Waals surface area (Å²) in [7, 11) is 1.74. The summed E-state index contributed by atoms with van der Waals surface area (Å²) in [5.41, 5.74) is 1.35. The molecule has 0 aliphatic heterocycles. The topological polar surface area (TPSA) is 24.9 Å². The van der Waals surface area contributed by atoms with Crippen LogP contribution in [0.5, 0.6) is 0 Å². The Bertz CT molecular complexity index is 560. The van der Waals surface area contributed by atoms with Crippen LogP contribution in [-0.2, 0) is 0 Å². The number of nitrogens with one attached hydrogen (secondary N) is 1. The predicted molar refractivity (Wildman–Crippen MR) is 69.2 cm³/mol. The maximum Gasteiger partial charge on any atom is 0.159 e. The predicted octanol–water partition coefficient (Wildman–Crippen LogP) is 3.43. The lowest BCUT2D eigenvalue weighted by Crippen LogP contribution is -2.19. The summed E-state index contributed by atoms with van der Waals surface area (Å²) >= 11 is 3.40. The van der Waals surface area contributed by atoms with E-state index in [1.165, 1.54) is 6.07 Å². The van der Waals surface area contributed by atoms with Gasteiger partial charge >= 0.3 is 0 Å². The highest BCUT2D eigenvalue weighted by molar-refractivity contribution is 9.10. The molecular weight excluding hydrogens is 302 g/mol. The SMILES string of the molecule is CNC(c1ccc(F)c(F)c1)c1ncccc1Br. The number of rotatable bonds is 3. The lowest BCUT2D eigenvalue weighted by molar-refractivity contribution is 0.504. The molecule has 1 unspecified atom stereocenters. The Labute approximate surface area is 112 Å². The van der Waals surface area contributed by atoms with E-state index in [9.17, 15) is 8.78 Å². The number of hydrogen-bond acceptors (Lipinski definition) is 2. The van der Waals surface area contributed by atoms with E-state index >= 15 is 0 Å². The third-order valence-corrected chi connectivity index (χ3v) is 3.30. The average Bonchev–Trinajstić information content (AvgIpc) is 2.37. The van der Waals surface area contributed by atoms with Gasteiger partial charge in [-0.2, -0.15) is 0 Å². The molecule has 0 radical (unpaired) electrons. The molecule has 0 spiro atoms. The normalized spacial score (nSPS) is 12.4. The molecule has 0 saturated carbocycles. The molecule has 0 saturated heterocycles. The number of nitrogens with zero attached hydrogens (tertiary/aromatic N) is 1. The monoisotopic (exact) mass is 312 g/mol. The second-order valence-electron chi connectivity index (χ2n) is 3.77. The van der Waals surface area contributed by atoms with Crippen LogP contribution in [-0.4, -0.2) is 12.0 Å². The summed E-state index contributed by atoms with van der Waals surface area (Å²) in [4.78, 5) is 4.25. The van der Waals surface area contributed by atoms with Crippen LogP contribution in [0, 0.1) is 11.6 Å². The van der Waals surface area contributed by atoms with Gasteiger partial charge in [0.1, 0.15) is 0 Å². The fourth-order valence-electron chi connectivity index (χ4n) is 1.76. The fraction of sp³-hybridized carbons (Fsp3) is 0.154. The molecule has 5 heteroatoms. The lowest BCUT2D eigenvalue weighted by Gasteiger charge is -2.17. The van der Waals surface area contributed by atoms with E-state index in [-0.39, 0.29) is 6.04 Å². The molecule has 2 aromatic rings. The van der Waals surface area contributed by atoms with Crippen molar-refractivity contribution in [3.63, 3.8) is 0 Å². The molecule has 2 rings (SSSR count). The molecule has 1 N–H and O–H groups in total. The van der Waals surface area contributed by atoms with E-state index in [0.717, 1.165) is 16.2 Å². The number of pyridine rings is 1. The van der Waals surface area contributed by atoms with Crippen LogP contribution >= 0.6 is 15.9 Å². The minimum Gasteiger partial charge on any atom is -0.308 e. The largest absolute Gasteiger partial charge is 0.308 e. The Kier molecular flexibility index (Phi) is 4.04. The van der Waals surface area contributed by atoms with E-state index in [1.807, 2.05) is 6.07 Å². The van der Waals surface area contributed by atoms with Gasteiger partial charge in [-0.1, -0.05) is 6.07 Å². The molecule has 1 aromatic carbocycles. The minimum atomic E-state index is -0.861. The summed E-state index contributed by atoms with van der Waals surface area (Å²) in [5.74, 6) is -1.71. The highest BCUT2D eigenvalue weighted by Gasteiger charge is 2.17. The van der Waals surface area contributed by atoms with Gasteiger partial charge in [0.2, 0.25) is 0 Å². The Morgan fingerprint density at radius 3 is 2.61 bits per heavy atom. The molecule has 0 aliphatic carbocycles. The molecule has 0 aliphatic rings. The van der Waals surface area contributed by atoms with Gasteiger partial charge in [-0.05, 0) is 52.8 Å². The summed E-state index contributed by atoms with van der Waals surface area (Å²) < 4.78 is 27.0. The number of aromatic nitrogens is 1. The van der Waals surface area contributed by atoms with E-state index in [2.05, 4.69) is 26.2 Å². The zero-order valence-corrected chi connectivity index (χ0v) is 11.2. The number of halogens is 3. The van der Waals surface area contributed by atoms with Gasteiger partial charge in [0, 0.05) is 10.7 Å². The van der Waals surface area contributed by atoms with Crippen molar-refractivity contribution in [2.24, 2.45) is 0 Å². The summed E-state index contributed by atoms with van der Waals surface area (Å²) in [5, 5.41) is 3.04. The second kappa shape index (κ2) is 5.54. The number of hydrogen-bond donors (Lipinski definition) is 1. The van der Waals surface area contributed by atoms with Crippen molar-refractivity contribution in [2.45, 2.75) is 6.04 Å². The van der Waals surface area contributed by atoms with E-state index in [0.29, 0.717) is 5.56 Å². The molecule has 1 aromatic heterocycles. The zero-order valence-electron chi connectivity index (χ0n) is 9.62. The first-order chi connectivity index (χ1) is 8.63. The zero-order chi connectivity index (χ0) is 13.1. The Morgan fingerprint density at radius 2 is 2.00 bits per heavy atom. The minimum absolute atomic E-state index is 0.296. The number of benzene rings is 1. The van der Waals surface area contributed by atoms with Gasteiger partial charge in [0.25, 0.3) is 0 Å². The van der Waals surface area contributed by atoms with Crippen molar-refractivity contribution >= 4 is 15.9 Å². The maximum atomic E-state index is 13.3. The van der Waals surface area contributed by atoms with Crippen LogP contribution in [0.3, 0.4) is 0 Å². The van der Waals surface area contributed by atoms with Crippen LogP contribution in [0.2, 0.25) is 0 Å². The van der Waals surface area contributed by atoms with Gasteiger partial charge in [0.05, 0.1) is 11.7 Å². The third kappa shape index (κ3) is 2.57. The standard InChI is InChI=1S/C13H11BrF2N2/c1-17-12(13-9(14)3-2-6-18-13)8-4-5-10(15)11(16)7-8/h2-7,12,17H,1H3. The van der Waals surface area contributed by atoms with E-state index in [4.69, 9.17) is 0 Å². The molecule has 18 heavy (non-hydrogen) atoms. The molecule has 0 fully saturated rings. The summed E-state index contributed by atoms with van der Waals surface area (Å²) in [6.07, 6.45) is 1.66. The summed E-state index contributed by atoms with van der Waals surface area (Å²) in [6.45, 7) is 0. The Morgan fingerprint density at radius 1 is 1.22 bits per heavy atom. The van der Waals surface area contributed by atoms with Crippen LogP contribution in [0.4, 0.5) is 8.78 Å². The van der Waals surface area contributed by atoms with Crippen molar-refractivity contribution in [2.75, 3.05) is 7.05 Å². The first-order valence-electron chi connectivity index (χ1n) is 5.36. The van der Waals surface area contributed by atoms with Crippen molar-refractivity contribution in [1.29, 1.82) is 0 Å². The highest BCUT2D eigenvalue weighted by atomic mass is 79.9. The highest BCUT2D eigenvalue weighted by Crippen LogP contribution is 2.27. The fourth-order valence-corrected chi connectivity index (χ4v) is 2.25. The van der Waals surface area contributed by atoms with E-state index in [1.54, 1.807) is 25.4 Å². The van der Waals surface area contributed by atoms with Crippen LogP contribution in [0.25, 0.3) is 0 Å². The smallest absolute Gasteiger partial charge is 0.159 e. The first kappa shape index (κ1) is 13.1. The second-order valence-corrected chi connectivity index (χ2v) is 4.62. The van der Waals surface area contributed by atoms with Crippen molar-refractivity contribution in [3.8, 4) is 0 Å². The van der Waals surface area contributed by atoms with Crippen LogP contribution in [0.15, 0.2) is 41.0 Å². The van der Waals surface area contributed by atoms with Crippen LogP contribution in [0.1, 0.15) is 17.3 Å². The average molecular weight is 313 g/mol. The molecule has 1 heterocycles. The maximum absolute atomic E-state index is 13.3. The molecule has 0 amide bonds. The van der Waals surface area contributed by atoms with Gasteiger partial charge in [0.15, 0.2) is 11.6 Å². The molecular formula is C13H11BrF2N2. The third-order valence-electron chi connectivity index (χ3n) is 2.63. The quantitative estimate of drug-likeness (QED) is 0.939. The van der Waals surface area contributed by atoms with Crippen molar-refractivity contribution in [3.05, 3.63) is 63.9 Å². The Hall–Kier alpha value is -1.33. The van der Waals surface area contributed by atoms with Gasteiger partial charge in [-0.15, -0.1) is 0 Å². The van der Waals surface area contributed by atoms with Crippen LogP contribution < -0.4 is 5.32 Å². The lowest BCUT2D eigenvalue weighted by atomic mass is 10.0. The molecule has 2 nitrogen and oxygen atoms in total. The van der Waals surface area contributed by atoms with Gasteiger partial charge in [-0.25, -0.2) is 8.78 Å². The molecule has 0 bridgehead atoms. The van der Waals surface area contributed by atoms with E-state index < -0.39 is 11.6 Å². The van der Waals surface area contributed by atoms with Gasteiger partial charge in [-0.3, -0.25) is 4.98 Å². The van der Waals surface area contributed by atoms with Crippen molar-refractivity contribution in [1.82, 2.24) is 10.3 Å². The van der Waals surface area contributed by atoms with Gasteiger partial charge < -0.3 is 5.32 Å².